The minimum absolute atomic E-state index is 0.125. The minimum Gasteiger partial charge on any atom is -0.481 e. The van der Waals surface area contributed by atoms with Crippen LogP contribution in [0.1, 0.15) is 122 Å². The number of carboxylic acid groups (broad SMARTS) is 1. The molecule has 8 amide bonds. The van der Waals surface area contributed by atoms with Crippen LogP contribution in [0, 0.1) is 0 Å². The molecule has 0 aromatic carbocycles. The number of carbonyl (C=O) groups is 10. The van der Waals surface area contributed by atoms with E-state index in [0.717, 1.165) is 57.8 Å². The smallest absolute Gasteiger partial charge is 0.303 e. The van der Waals surface area contributed by atoms with Crippen LogP contribution in [-0.2, 0) is 47.9 Å². The zero-order chi connectivity index (χ0) is 44.4. The predicted octanol–water partition coefficient (Wildman–Crippen LogP) is -1.93. The summed E-state index contributed by atoms with van der Waals surface area (Å²) in [7, 11) is 0. The van der Waals surface area contributed by atoms with Crippen molar-refractivity contribution >= 4 is 59.0 Å². The van der Waals surface area contributed by atoms with Crippen LogP contribution in [0.4, 0.5) is 0 Å². The highest BCUT2D eigenvalue weighted by molar-refractivity contribution is 5.94. The zero-order valence-electron chi connectivity index (χ0n) is 34.2. The summed E-state index contributed by atoms with van der Waals surface area (Å²) in [4.78, 5) is 119. The Morgan fingerprint density at radius 1 is 0.441 bits per heavy atom. The first-order valence-corrected chi connectivity index (χ1v) is 20.3. The summed E-state index contributed by atoms with van der Waals surface area (Å²) < 4.78 is 0. The summed E-state index contributed by atoms with van der Waals surface area (Å²) in [6.45, 7) is -2.62. The first-order chi connectivity index (χ1) is 28.1. The van der Waals surface area contributed by atoms with Gasteiger partial charge in [0.1, 0.15) is 23.9 Å². The molecule has 0 bridgehead atoms. The topological polar surface area (TPSA) is 342 Å². The molecule has 0 saturated carbocycles. The molecule has 0 aromatic heterocycles. The summed E-state index contributed by atoms with van der Waals surface area (Å²) in [6, 6.07) is -4.13. The van der Waals surface area contributed by atoms with Gasteiger partial charge in [0.05, 0.1) is 39.4 Å². The van der Waals surface area contributed by atoms with Gasteiger partial charge in [0.2, 0.25) is 47.3 Å². The van der Waals surface area contributed by atoms with E-state index in [1.807, 2.05) is 0 Å². The van der Waals surface area contributed by atoms with Crippen molar-refractivity contribution in [3.63, 3.8) is 0 Å². The van der Waals surface area contributed by atoms with Crippen LogP contribution in [0.15, 0.2) is 0 Å². The monoisotopic (exact) mass is 842 g/mol. The van der Waals surface area contributed by atoms with Crippen LogP contribution < -0.4 is 43.0 Å². The van der Waals surface area contributed by atoms with Crippen molar-refractivity contribution in [1.82, 2.24) is 37.2 Å². The molecule has 0 aromatic rings. The van der Waals surface area contributed by atoms with E-state index in [2.05, 4.69) is 37.2 Å². The Morgan fingerprint density at radius 3 is 1.22 bits per heavy atom. The first kappa shape index (κ1) is 53.8. The van der Waals surface area contributed by atoms with Crippen LogP contribution in [0.5, 0.6) is 0 Å². The van der Waals surface area contributed by atoms with E-state index in [9.17, 15) is 58.2 Å². The third-order valence-electron chi connectivity index (χ3n) is 8.88. The Bertz CT molecular complexity index is 1360. The number of aliphatic carboxylic acids is 1. The molecule has 59 heavy (non-hydrogen) atoms. The predicted molar refractivity (Wildman–Crippen MR) is 213 cm³/mol. The molecule has 0 aliphatic heterocycles. The van der Waals surface area contributed by atoms with Gasteiger partial charge in [-0.15, -0.1) is 0 Å². The molecule has 0 aliphatic rings. The standard InChI is InChI=1S/C38H66N8O13/c1-26(49)20-40-32(52)21-42-37(58)28(24-47)46-34(54)23-43-38(59)29(25-48)45-33(53)22-41-30(50)19-18-27(36(39)57)44-31(51)16-14-12-10-8-6-4-2-3-5-7-9-11-13-15-17-35(55)56/h27-29,47-48H,2-25H2,1H3,(H2,39,57)(H,40,52)(H,41,50)(H,42,58)(H,43,59)(H,44,51)(H,45,53)(H,46,54)(H,55,56)/t27-,28-,29-/m0/s1. The molecular weight excluding hydrogens is 776 g/mol. The van der Waals surface area contributed by atoms with E-state index in [1.165, 1.54) is 32.6 Å². The Balaban J connectivity index is 4.28. The number of nitrogens with one attached hydrogen (secondary N) is 7. The van der Waals surface area contributed by atoms with Gasteiger partial charge < -0.3 is 58.3 Å². The van der Waals surface area contributed by atoms with Crippen molar-refractivity contribution in [1.29, 1.82) is 0 Å². The van der Waals surface area contributed by atoms with Crippen LogP contribution >= 0.6 is 0 Å². The molecule has 0 radical (unpaired) electrons. The third-order valence-corrected chi connectivity index (χ3v) is 8.88. The average molecular weight is 843 g/mol. The molecule has 3 atom stereocenters. The molecule has 0 saturated heterocycles. The summed E-state index contributed by atoms with van der Waals surface area (Å²) >= 11 is 0. The maximum Gasteiger partial charge on any atom is 0.303 e. The third kappa shape index (κ3) is 30.6. The Kier molecular flexibility index (Phi) is 30.8. The molecule has 21 nitrogen and oxygen atoms in total. The lowest BCUT2D eigenvalue weighted by Gasteiger charge is -2.18. The quantitative estimate of drug-likeness (QED) is 0.0307. The second-order valence-electron chi connectivity index (χ2n) is 14.2. The van der Waals surface area contributed by atoms with Crippen molar-refractivity contribution in [2.45, 2.75) is 141 Å². The molecule has 0 heterocycles. The van der Waals surface area contributed by atoms with Crippen LogP contribution in [0.3, 0.4) is 0 Å². The number of rotatable bonds is 36. The molecular formula is C38H66N8O13. The van der Waals surface area contributed by atoms with Gasteiger partial charge >= 0.3 is 5.97 Å². The fourth-order valence-corrected chi connectivity index (χ4v) is 5.52. The summed E-state index contributed by atoms with van der Waals surface area (Å²) in [5.74, 6) is -7.32. The number of hydrogen-bond donors (Lipinski definition) is 11. The van der Waals surface area contributed by atoms with Crippen molar-refractivity contribution < 1.29 is 63.3 Å². The van der Waals surface area contributed by atoms with Crippen molar-refractivity contribution in [3.05, 3.63) is 0 Å². The van der Waals surface area contributed by atoms with Gasteiger partial charge in [0, 0.05) is 19.3 Å². The normalized spacial score (nSPS) is 12.2. The maximum absolute atomic E-state index is 12.4. The summed E-state index contributed by atoms with van der Waals surface area (Å²) in [6.07, 6.45) is 14.6. The van der Waals surface area contributed by atoms with E-state index in [4.69, 9.17) is 10.8 Å². The van der Waals surface area contributed by atoms with E-state index < -0.39 is 98.3 Å². The van der Waals surface area contributed by atoms with E-state index in [1.54, 1.807) is 0 Å². The maximum atomic E-state index is 12.4. The van der Waals surface area contributed by atoms with E-state index >= 15 is 0 Å². The lowest BCUT2D eigenvalue weighted by Crippen LogP contribution is -2.55. The lowest BCUT2D eigenvalue weighted by molar-refractivity contribution is -0.137. The van der Waals surface area contributed by atoms with E-state index in [-0.39, 0.29) is 43.9 Å². The number of carbonyl (C=O) groups excluding carboxylic acids is 9. The number of aliphatic hydroxyl groups is 2. The van der Waals surface area contributed by atoms with E-state index in [0.29, 0.717) is 6.42 Å². The van der Waals surface area contributed by atoms with Crippen LogP contribution in [0.2, 0.25) is 0 Å². The number of carboxylic acids is 1. The number of Topliss-reactive ketones (excluding diaryl/α,β-unsaturated/α-hetero) is 1. The number of aliphatic hydroxyl groups excluding tert-OH is 2. The number of ketones is 1. The summed E-state index contributed by atoms with van der Waals surface area (Å²) in [5.41, 5.74) is 5.41. The number of unbranched alkanes of at least 4 members (excludes halogenated alkanes) is 13. The molecule has 336 valence electrons. The molecule has 0 unspecified atom stereocenters. The fourth-order valence-electron chi connectivity index (χ4n) is 5.52. The lowest BCUT2D eigenvalue weighted by atomic mass is 10.0. The second-order valence-corrected chi connectivity index (χ2v) is 14.2. The molecule has 0 aliphatic carbocycles. The second kappa shape index (κ2) is 33.8. The first-order valence-electron chi connectivity index (χ1n) is 20.3. The van der Waals surface area contributed by atoms with Crippen LogP contribution in [0.25, 0.3) is 0 Å². The largest absolute Gasteiger partial charge is 0.481 e. The number of hydrogen-bond acceptors (Lipinski definition) is 12. The van der Waals surface area contributed by atoms with Crippen molar-refractivity contribution in [3.8, 4) is 0 Å². The fraction of sp³-hybridized carbons (Fsp3) is 0.737. The SMILES string of the molecule is CC(=O)CNC(=O)CNC(=O)[C@H](CO)NC(=O)CNC(=O)[C@H](CO)NC(=O)CNC(=O)CC[C@H](NC(=O)CCCCCCCCCCCCCCCCC(=O)O)C(N)=O. The Hall–Kier alpha value is -5.18. The molecule has 12 N–H and O–H groups in total. The van der Waals surface area contributed by atoms with Crippen molar-refractivity contribution in [2.24, 2.45) is 5.73 Å². The molecule has 0 spiro atoms. The zero-order valence-corrected chi connectivity index (χ0v) is 34.2. The molecule has 0 fully saturated rings. The highest BCUT2D eigenvalue weighted by Crippen LogP contribution is 2.14. The van der Waals surface area contributed by atoms with Crippen LogP contribution in [-0.4, -0.2) is 132 Å². The number of amides is 8. The highest BCUT2D eigenvalue weighted by Gasteiger charge is 2.24. The van der Waals surface area contributed by atoms with Gasteiger partial charge in [-0.3, -0.25) is 47.9 Å². The van der Waals surface area contributed by atoms with Gasteiger partial charge in [0.25, 0.3) is 0 Å². The average Bonchev–Trinajstić information content (AvgIpc) is 3.19. The Morgan fingerprint density at radius 2 is 0.814 bits per heavy atom. The summed E-state index contributed by atoms with van der Waals surface area (Å²) in [5, 5.41) is 43.3. The Labute approximate surface area is 344 Å². The highest BCUT2D eigenvalue weighted by atomic mass is 16.4. The molecule has 0 rings (SSSR count). The van der Waals surface area contributed by atoms with Gasteiger partial charge in [-0.05, 0) is 26.2 Å². The molecule has 21 heteroatoms. The number of primary amides is 1. The minimum atomic E-state index is -1.53. The van der Waals surface area contributed by atoms with Gasteiger partial charge in [-0.2, -0.15) is 0 Å². The van der Waals surface area contributed by atoms with Gasteiger partial charge in [-0.1, -0.05) is 77.0 Å². The number of nitrogens with two attached hydrogens (primary N) is 1. The van der Waals surface area contributed by atoms with Gasteiger partial charge in [-0.25, -0.2) is 0 Å². The van der Waals surface area contributed by atoms with Gasteiger partial charge in [0.15, 0.2) is 0 Å². The van der Waals surface area contributed by atoms with Crippen molar-refractivity contribution in [2.75, 3.05) is 39.4 Å².